The van der Waals surface area contributed by atoms with Crippen molar-refractivity contribution in [1.29, 1.82) is 5.26 Å². The number of benzene rings is 1. The van der Waals surface area contributed by atoms with Gasteiger partial charge < -0.3 is 14.2 Å². The van der Waals surface area contributed by atoms with Gasteiger partial charge in [-0.3, -0.25) is 0 Å². The molecule has 0 saturated carbocycles. The molecule has 0 aliphatic rings. The molecule has 2 heterocycles. The van der Waals surface area contributed by atoms with Gasteiger partial charge in [0.25, 0.3) is 0 Å². The average molecular weight is 297 g/mol. The third kappa shape index (κ3) is 3.37. The van der Waals surface area contributed by atoms with Crippen molar-refractivity contribution in [3.05, 3.63) is 59.7 Å². The van der Waals surface area contributed by atoms with Gasteiger partial charge in [-0.25, -0.2) is 4.79 Å². The molecule has 0 atom stereocenters. The van der Waals surface area contributed by atoms with Gasteiger partial charge in [0, 0.05) is 5.56 Å². The fourth-order valence-electron chi connectivity index (χ4n) is 1.73. The highest BCUT2D eigenvalue weighted by molar-refractivity contribution is 5.95. The predicted octanol–water partition coefficient (Wildman–Crippen LogP) is 2.89. The van der Waals surface area contributed by atoms with E-state index in [-0.39, 0.29) is 17.0 Å². The summed E-state index contributed by atoms with van der Waals surface area (Å²) in [7, 11) is 0. The number of aromatic carboxylic acids is 1. The lowest BCUT2D eigenvalue weighted by atomic mass is 10.0. The van der Waals surface area contributed by atoms with E-state index in [2.05, 4.69) is 14.8 Å². The van der Waals surface area contributed by atoms with Gasteiger partial charge in [-0.1, -0.05) is 22.4 Å². The summed E-state index contributed by atoms with van der Waals surface area (Å²) in [5.74, 6) is -0.851. The molecule has 2 aromatic heterocycles. The summed E-state index contributed by atoms with van der Waals surface area (Å²) in [6, 6.07) is 10.3. The Labute approximate surface area is 125 Å². The lowest BCUT2D eigenvalue weighted by molar-refractivity contribution is 0.0695. The molecule has 1 N–H and O–H groups in total. The molecule has 0 aliphatic carbocycles. The Kier molecular flexibility index (Phi) is 4.67. The average Bonchev–Trinajstić information content (AvgIpc) is 3.19. The first-order valence-corrected chi connectivity index (χ1v) is 6.18. The fourth-order valence-corrected chi connectivity index (χ4v) is 1.73. The van der Waals surface area contributed by atoms with Crippen LogP contribution in [0.2, 0.25) is 0 Å². The number of hydrogen-bond acceptors (Lipinski definition) is 6. The van der Waals surface area contributed by atoms with Crippen LogP contribution >= 0.6 is 0 Å². The van der Waals surface area contributed by atoms with Crippen molar-refractivity contribution < 1.29 is 18.9 Å². The molecule has 3 rings (SSSR count). The van der Waals surface area contributed by atoms with Crippen molar-refractivity contribution in [2.45, 2.75) is 6.92 Å². The van der Waals surface area contributed by atoms with Gasteiger partial charge in [-0.15, -0.1) is 0 Å². The zero-order valence-corrected chi connectivity index (χ0v) is 11.6. The van der Waals surface area contributed by atoms with Gasteiger partial charge in [-0.2, -0.15) is 5.26 Å². The van der Waals surface area contributed by atoms with Crippen molar-refractivity contribution >= 4 is 5.97 Å². The minimum Gasteiger partial charge on any atom is -0.477 e. The lowest BCUT2D eigenvalue weighted by Crippen LogP contribution is -1.99. The third-order valence-electron chi connectivity index (χ3n) is 2.69. The van der Waals surface area contributed by atoms with E-state index >= 15 is 0 Å². The minimum absolute atomic E-state index is 0.0279. The number of carbonyl (C=O) groups is 1. The first-order valence-electron chi connectivity index (χ1n) is 6.18. The van der Waals surface area contributed by atoms with Gasteiger partial charge in [0.05, 0.1) is 17.8 Å². The van der Waals surface area contributed by atoms with E-state index in [1.807, 2.05) is 6.07 Å². The summed E-state index contributed by atoms with van der Waals surface area (Å²) >= 11 is 0. The molecule has 1 aromatic carbocycles. The van der Waals surface area contributed by atoms with Crippen LogP contribution in [0.5, 0.6) is 0 Å². The largest absolute Gasteiger partial charge is 0.477 e. The van der Waals surface area contributed by atoms with Gasteiger partial charge in [0.2, 0.25) is 0 Å². The molecule has 7 nitrogen and oxygen atoms in total. The van der Waals surface area contributed by atoms with Crippen LogP contribution in [0.15, 0.2) is 51.8 Å². The van der Waals surface area contributed by atoms with Crippen LogP contribution in [0, 0.1) is 18.3 Å². The SMILES string of the molecule is Cc1onc(-c2cccc(C#N)c2)c1C(=O)O.c1cnoc1. The maximum absolute atomic E-state index is 11.1. The summed E-state index contributed by atoms with van der Waals surface area (Å²) in [4.78, 5) is 11.1. The summed E-state index contributed by atoms with van der Waals surface area (Å²) in [6.07, 6.45) is 3.10. The number of nitriles is 1. The Bertz CT molecular complexity index is 783. The molecule has 0 unspecified atom stereocenters. The topological polar surface area (TPSA) is 113 Å². The standard InChI is InChI=1S/C12H8N2O3.C3H3NO/c1-7-10(12(15)16)11(14-17-7)9-4-2-3-8(5-9)6-13;1-2-4-5-3-1/h2-5H,1H3,(H,15,16);1-3H. The lowest BCUT2D eigenvalue weighted by Gasteiger charge is -1.98. The van der Waals surface area contributed by atoms with Crippen molar-refractivity contribution in [3.8, 4) is 17.3 Å². The Hall–Kier alpha value is -3.40. The Morgan fingerprint density at radius 1 is 1.36 bits per heavy atom. The molecule has 0 fully saturated rings. The van der Waals surface area contributed by atoms with Crippen molar-refractivity contribution in [2.24, 2.45) is 0 Å². The first kappa shape index (κ1) is 15.0. The van der Waals surface area contributed by atoms with Crippen LogP contribution in [0.25, 0.3) is 11.3 Å². The van der Waals surface area contributed by atoms with Crippen LogP contribution in [0.4, 0.5) is 0 Å². The van der Waals surface area contributed by atoms with E-state index in [0.29, 0.717) is 11.1 Å². The number of carboxylic acid groups (broad SMARTS) is 1. The molecule has 0 aliphatic heterocycles. The number of hydrogen-bond donors (Lipinski definition) is 1. The second-order valence-corrected chi connectivity index (χ2v) is 4.15. The van der Waals surface area contributed by atoms with E-state index in [1.54, 1.807) is 36.5 Å². The zero-order valence-electron chi connectivity index (χ0n) is 11.6. The van der Waals surface area contributed by atoms with Crippen LogP contribution in [0.3, 0.4) is 0 Å². The highest BCUT2D eigenvalue weighted by Gasteiger charge is 2.20. The molecule has 0 bridgehead atoms. The second-order valence-electron chi connectivity index (χ2n) is 4.15. The van der Waals surface area contributed by atoms with Crippen molar-refractivity contribution in [1.82, 2.24) is 10.3 Å². The zero-order chi connectivity index (χ0) is 15.9. The first-order chi connectivity index (χ1) is 10.6. The molecular weight excluding hydrogens is 286 g/mol. The maximum atomic E-state index is 11.1. The molecule has 0 amide bonds. The van der Waals surface area contributed by atoms with Gasteiger partial charge in [0.1, 0.15) is 23.3 Å². The number of aryl methyl sites for hydroxylation is 1. The third-order valence-corrected chi connectivity index (χ3v) is 2.69. The van der Waals surface area contributed by atoms with Crippen LogP contribution in [-0.4, -0.2) is 21.4 Å². The molecule has 110 valence electrons. The number of aromatic nitrogens is 2. The van der Waals surface area contributed by atoms with Crippen LogP contribution in [-0.2, 0) is 0 Å². The van der Waals surface area contributed by atoms with E-state index in [1.165, 1.54) is 13.2 Å². The van der Waals surface area contributed by atoms with Crippen molar-refractivity contribution in [3.63, 3.8) is 0 Å². The van der Waals surface area contributed by atoms with Crippen molar-refractivity contribution in [2.75, 3.05) is 0 Å². The van der Waals surface area contributed by atoms with Gasteiger partial charge in [0.15, 0.2) is 0 Å². The molecular formula is C15H11N3O4. The van der Waals surface area contributed by atoms with Gasteiger partial charge in [-0.05, 0) is 25.1 Å². The van der Waals surface area contributed by atoms with E-state index in [0.717, 1.165) is 0 Å². The Balaban J connectivity index is 0.000000299. The van der Waals surface area contributed by atoms with E-state index in [4.69, 9.17) is 14.9 Å². The quantitative estimate of drug-likeness (QED) is 0.773. The molecule has 0 saturated heterocycles. The summed E-state index contributed by atoms with van der Waals surface area (Å²) in [6.45, 7) is 1.54. The predicted molar refractivity (Wildman–Crippen MR) is 74.9 cm³/mol. The Morgan fingerprint density at radius 3 is 2.73 bits per heavy atom. The smallest absolute Gasteiger partial charge is 0.341 e. The van der Waals surface area contributed by atoms with E-state index in [9.17, 15) is 4.79 Å². The van der Waals surface area contributed by atoms with E-state index < -0.39 is 5.97 Å². The normalized spacial score (nSPS) is 9.45. The monoisotopic (exact) mass is 297 g/mol. The summed E-state index contributed by atoms with van der Waals surface area (Å²) in [5.41, 5.74) is 1.27. The van der Waals surface area contributed by atoms with Gasteiger partial charge >= 0.3 is 5.97 Å². The highest BCUT2D eigenvalue weighted by Crippen LogP contribution is 2.25. The number of carboxylic acids is 1. The molecule has 0 radical (unpaired) electrons. The molecule has 22 heavy (non-hydrogen) atoms. The maximum Gasteiger partial charge on any atom is 0.341 e. The Morgan fingerprint density at radius 2 is 2.18 bits per heavy atom. The summed E-state index contributed by atoms with van der Waals surface area (Å²) < 4.78 is 9.20. The highest BCUT2D eigenvalue weighted by atomic mass is 16.5. The molecule has 0 spiro atoms. The fraction of sp³-hybridized carbons (Fsp3) is 0.0667. The summed E-state index contributed by atoms with van der Waals surface area (Å²) in [5, 5.41) is 24.9. The molecule has 3 aromatic rings. The molecule has 7 heteroatoms. The minimum atomic E-state index is -1.10. The number of nitrogens with zero attached hydrogens (tertiary/aromatic N) is 3. The second kappa shape index (κ2) is 6.85. The number of rotatable bonds is 2. The van der Waals surface area contributed by atoms with Crippen LogP contribution < -0.4 is 0 Å². The van der Waals surface area contributed by atoms with Crippen LogP contribution in [0.1, 0.15) is 21.7 Å².